The van der Waals surface area contributed by atoms with Gasteiger partial charge in [-0.25, -0.2) is 0 Å². The van der Waals surface area contributed by atoms with Crippen LogP contribution < -0.4 is 15.8 Å². The second-order valence-corrected chi connectivity index (χ2v) is 10.1. The number of ether oxygens (including phenoxy) is 1. The Kier molecular flexibility index (Phi) is 7.46. The second-order valence-electron chi connectivity index (χ2n) is 9.08. The number of nitrogens with one attached hydrogen (secondary N) is 2. The lowest BCUT2D eigenvalue weighted by atomic mass is 9.98. The third-order valence-corrected chi connectivity index (χ3v) is 8.30. The van der Waals surface area contributed by atoms with Crippen molar-refractivity contribution >= 4 is 23.1 Å². The van der Waals surface area contributed by atoms with Crippen LogP contribution in [0.2, 0.25) is 0 Å². The van der Waals surface area contributed by atoms with Crippen molar-refractivity contribution in [3.63, 3.8) is 0 Å². The van der Waals surface area contributed by atoms with E-state index in [1.54, 1.807) is 6.20 Å². The Labute approximate surface area is 211 Å². The van der Waals surface area contributed by atoms with E-state index in [0.717, 1.165) is 39.1 Å². The zero-order valence-electron chi connectivity index (χ0n) is 20.5. The van der Waals surface area contributed by atoms with Gasteiger partial charge in [-0.15, -0.1) is 0 Å². The Morgan fingerprint density at radius 3 is 2.86 bits per heavy atom. The van der Waals surface area contributed by atoms with Crippen LogP contribution in [0.3, 0.4) is 0 Å². The molecule has 0 saturated carbocycles. The quantitative estimate of drug-likeness (QED) is 0.371. The number of pyridine rings is 1. The van der Waals surface area contributed by atoms with Crippen molar-refractivity contribution in [2.75, 3.05) is 56.1 Å². The highest BCUT2D eigenvalue weighted by atomic mass is 32.2. The molecule has 1 saturated heterocycles. The number of rotatable bonds is 8. The molecule has 0 amide bonds. The topological polar surface area (TPSA) is 60.6 Å². The molecular formula is C28H34N4O2S. The van der Waals surface area contributed by atoms with Crippen LogP contribution in [0.4, 0.5) is 11.4 Å². The molecule has 0 bridgehead atoms. The van der Waals surface area contributed by atoms with Gasteiger partial charge in [0.1, 0.15) is 11.8 Å². The minimum atomic E-state index is -0.0617. The molecule has 5 rings (SSSR count). The molecule has 2 aliphatic rings. The molecular weight excluding hydrogens is 456 g/mol. The predicted octanol–water partition coefficient (Wildman–Crippen LogP) is 4.76. The summed E-state index contributed by atoms with van der Waals surface area (Å²) in [7, 11) is 0. The van der Waals surface area contributed by atoms with E-state index in [-0.39, 0.29) is 11.7 Å². The number of likely N-dealkylation sites (N-methyl/N-ethyl adjacent to an activating group) is 1. The van der Waals surface area contributed by atoms with E-state index in [2.05, 4.69) is 70.3 Å². The van der Waals surface area contributed by atoms with Crippen LogP contribution in [-0.2, 0) is 11.2 Å². The Morgan fingerprint density at radius 2 is 2.03 bits per heavy atom. The third kappa shape index (κ3) is 5.27. The number of hydrogen-bond donors (Lipinski definition) is 2. The average molecular weight is 491 g/mol. The molecule has 2 aromatic carbocycles. The average Bonchev–Trinajstić information content (AvgIpc) is 2.90. The Hall–Kier alpha value is -2.74. The molecule has 0 radical (unpaired) electrons. The first kappa shape index (κ1) is 24.0. The lowest BCUT2D eigenvalue weighted by Crippen LogP contribution is -2.41. The minimum absolute atomic E-state index is 0.0481. The van der Waals surface area contributed by atoms with Crippen LogP contribution >= 0.6 is 11.8 Å². The summed E-state index contributed by atoms with van der Waals surface area (Å²) in [6.07, 6.45) is 2.54. The number of hydrogen-bond acceptors (Lipinski definition) is 6. The van der Waals surface area contributed by atoms with Gasteiger partial charge in [-0.1, -0.05) is 43.8 Å². The predicted molar refractivity (Wildman–Crippen MR) is 144 cm³/mol. The SMILES string of the molecule is CCN(CC)CCNc1ccc2c(c1)Cc1cccc(C3CN(c4ccc[nH]c4=O)CCO3)c1S2. The van der Waals surface area contributed by atoms with Crippen molar-refractivity contribution in [3.8, 4) is 0 Å². The van der Waals surface area contributed by atoms with Gasteiger partial charge in [0.2, 0.25) is 0 Å². The number of benzene rings is 2. The van der Waals surface area contributed by atoms with Crippen LogP contribution in [0.15, 0.2) is 69.3 Å². The van der Waals surface area contributed by atoms with Gasteiger partial charge in [0.05, 0.1) is 6.61 Å². The van der Waals surface area contributed by atoms with E-state index in [9.17, 15) is 4.79 Å². The molecule has 6 nitrogen and oxygen atoms in total. The first-order valence-corrected chi connectivity index (χ1v) is 13.4. The monoisotopic (exact) mass is 490 g/mol. The summed E-state index contributed by atoms with van der Waals surface area (Å²) in [6, 6.07) is 17.1. The van der Waals surface area contributed by atoms with Crippen molar-refractivity contribution in [1.82, 2.24) is 9.88 Å². The normalized spacial score (nSPS) is 17.2. The van der Waals surface area contributed by atoms with Gasteiger partial charge < -0.3 is 24.8 Å². The fourth-order valence-corrected chi connectivity index (χ4v) is 6.19. The fraction of sp³-hybridized carbons (Fsp3) is 0.393. The summed E-state index contributed by atoms with van der Waals surface area (Å²) in [6.45, 7) is 10.6. The van der Waals surface area contributed by atoms with Gasteiger partial charge in [-0.2, -0.15) is 0 Å². The summed E-state index contributed by atoms with van der Waals surface area (Å²) in [5, 5.41) is 3.60. The second kappa shape index (κ2) is 10.9. The Morgan fingerprint density at radius 1 is 1.14 bits per heavy atom. The number of H-pyrrole nitrogens is 1. The number of morpholine rings is 1. The van der Waals surface area contributed by atoms with Crippen molar-refractivity contribution in [2.45, 2.75) is 36.2 Å². The van der Waals surface area contributed by atoms with Crippen molar-refractivity contribution in [1.29, 1.82) is 0 Å². The molecule has 1 aromatic heterocycles. The fourth-order valence-electron chi connectivity index (χ4n) is 4.98. The highest BCUT2D eigenvalue weighted by molar-refractivity contribution is 7.99. The van der Waals surface area contributed by atoms with Crippen LogP contribution in [0.25, 0.3) is 0 Å². The van der Waals surface area contributed by atoms with Gasteiger partial charge in [0.25, 0.3) is 5.56 Å². The van der Waals surface area contributed by atoms with Gasteiger partial charge in [0.15, 0.2) is 0 Å². The maximum absolute atomic E-state index is 12.3. The summed E-state index contributed by atoms with van der Waals surface area (Å²) in [5.74, 6) is 0. The molecule has 0 aliphatic carbocycles. The molecule has 2 aliphatic heterocycles. The van der Waals surface area contributed by atoms with E-state index < -0.39 is 0 Å². The van der Waals surface area contributed by atoms with Crippen LogP contribution in [0.5, 0.6) is 0 Å². The Bertz CT molecular complexity index is 1220. The van der Waals surface area contributed by atoms with Crippen molar-refractivity contribution in [3.05, 3.63) is 81.8 Å². The molecule has 3 heterocycles. The lowest BCUT2D eigenvalue weighted by molar-refractivity contribution is 0.0380. The van der Waals surface area contributed by atoms with E-state index >= 15 is 0 Å². The van der Waals surface area contributed by atoms with E-state index in [1.807, 2.05) is 23.9 Å². The van der Waals surface area contributed by atoms with Crippen LogP contribution in [0.1, 0.15) is 36.6 Å². The zero-order valence-corrected chi connectivity index (χ0v) is 21.4. The largest absolute Gasteiger partial charge is 0.384 e. The highest BCUT2D eigenvalue weighted by Gasteiger charge is 2.28. The maximum Gasteiger partial charge on any atom is 0.271 e. The third-order valence-electron chi connectivity index (χ3n) is 6.98. The van der Waals surface area contributed by atoms with Crippen molar-refractivity contribution < 1.29 is 4.74 Å². The lowest BCUT2D eigenvalue weighted by Gasteiger charge is -2.35. The first-order chi connectivity index (χ1) is 17.2. The number of aromatic nitrogens is 1. The van der Waals surface area contributed by atoms with Crippen molar-refractivity contribution in [2.24, 2.45) is 0 Å². The number of aromatic amines is 1. The Balaban J connectivity index is 1.32. The number of nitrogens with zero attached hydrogens (tertiary/aromatic N) is 2. The van der Waals surface area contributed by atoms with Gasteiger partial charge in [0, 0.05) is 47.9 Å². The van der Waals surface area contributed by atoms with Gasteiger partial charge in [-0.3, -0.25) is 4.79 Å². The standard InChI is InChI=1S/C28H34N4O2S/c1-3-31(4-2)14-13-29-22-10-11-26-21(18-22)17-20-7-5-8-23(27(20)35-26)25-19-32(15-16-34-25)24-9-6-12-30-28(24)33/h5-12,18,25,29H,3-4,13-17,19H2,1-2H3,(H,30,33). The van der Waals surface area contributed by atoms with Gasteiger partial charge >= 0.3 is 0 Å². The van der Waals surface area contributed by atoms with E-state index in [1.165, 1.54) is 32.2 Å². The van der Waals surface area contributed by atoms with Crippen LogP contribution in [0, 0.1) is 0 Å². The van der Waals surface area contributed by atoms with Crippen LogP contribution in [-0.4, -0.2) is 55.8 Å². The first-order valence-electron chi connectivity index (χ1n) is 12.6. The smallest absolute Gasteiger partial charge is 0.271 e. The molecule has 184 valence electrons. The molecule has 2 N–H and O–H groups in total. The van der Waals surface area contributed by atoms with E-state index in [0.29, 0.717) is 18.8 Å². The van der Waals surface area contributed by atoms with E-state index in [4.69, 9.17) is 4.74 Å². The number of anilines is 2. The molecule has 7 heteroatoms. The summed E-state index contributed by atoms with van der Waals surface area (Å²) >= 11 is 1.85. The van der Waals surface area contributed by atoms with Gasteiger partial charge in [-0.05, 0) is 66.5 Å². The summed E-state index contributed by atoms with van der Waals surface area (Å²) in [5.41, 5.74) is 5.79. The molecule has 1 atom stereocenters. The summed E-state index contributed by atoms with van der Waals surface area (Å²) in [4.78, 5) is 22.3. The molecule has 0 spiro atoms. The molecule has 35 heavy (non-hydrogen) atoms. The molecule has 3 aromatic rings. The highest BCUT2D eigenvalue weighted by Crippen LogP contribution is 2.44. The zero-order chi connectivity index (χ0) is 24.2. The molecule has 1 unspecified atom stereocenters. The minimum Gasteiger partial charge on any atom is -0.384 e. The summed E-state index contributed by atoms with van der Waals surface area (Å²) < 4.78 is 6.23. The number of fused-ring (bicyclic) bond motifs is 2. The molecule has 1 fully saturated rings. The maximum atomic E-state index is 12.3.